The fraction of sp³-hybridized carbons (Fsp3) is 0.526. The van der Waals surface area contributed by atoms with Crippen LogP contribution in [0.5, 0.6) is 0 Å². The minimum Gasteiger partial charge on any atom is -0.368 e. The minimum atomic E-state index is -0.844. The molecule has 0 aliphatic carbocycles. The van der Waals surface area contributed by atoms with Gasteiger partial charge in [-0.25, -0.2) is 9.78 Å². The predicted octanol–water partition coefficient (Wildman–Crippen LogP) is 1.00. The zero-order chi connectivity index (χ0) is 21.0. The number of fused-ring (bicyclic) bond motifs is 1. The number of aromatic nitrogens is 3. The number of carbonyl (C=O) groups is 2. The maximum atomic E-state index is 12.9. The van der Waals surface area contributed by atoms with E-state index in [1.807, 2.05) is 27.7 Å². The normalized spacial score (nSPS) is 12.3. The molecule has 2 aromatic heterocycles. The molecule has 2 rings (SSSR count). The molecule has 2 amide bonds. The van der Waals surface area contributed by atoms with Crippen LogP contribution >= 0.6 is 0 Å². The third-order valence-electron chi connectivity index (χ3n) is 4.48. The van der Waals surface area contributed by atoms with Crippen LogP contribution in [0.25, 0.3) is 11.0 Å². The first kappa shape index (κ1) is 21.3. The van der Waals surface area contributed by atoms with Crippen LogP contribution in [0.4, 0.5) is 0 Å². The van der Waals surface area contributed by atoms with E-state index in [1.165, 1.54) is 10.6 Å². The fourth-order valence-corrected chi connectivity index (χ4v) is 3.01. The lowest BCUT2D eigenvalue weighted by Gasteiger charge is -2.17. The third-order valence-corrected chi connectivity index (χ3v) is 4.48. The molecular formula is C19H27N5O4. The molecule has 4 N–H and O–H groups in total. The highest BCUT2D eigenvalue weighted by atomic mass is 16.2. The van der Waals surface area contributed by atoms with Gasteiger partial charge in [0, 0.05) is 12.2 Å². The molecular weight excluding hydrogens is 362 g/mol. The lowest BCUT2D eigenvalue weighted by molar-refractivity contribution is -0.120. The van der Waals surface area contributed by atoms with Gasteiger partial charge in [0.2, 0.25) is 5.91 Å². The molecule has 2 aromatic rings. The maximum absolute atomic E-state index is 12.9. The summed E-state index contributed by atoms with van der Waals surface area (Å²) in [4.78, 5) is 56.1. The van der Waals surface area contributed by atoms with E-state index < -0.39 is 29.1 Å². The van der Waals surface area contributed by atoms with Crippen LogP contribution in [0.15, 0.2) is 15.7 Å². The molecule has 9 heteroatoms. The zero-order valence-electron chi connectivity index (χ0n) is 16.7. The van der Waals surface area contributed by atoms with E-state index in [4.69, 9.17) is 5.73 Å². The summed E-state index contributed by atoms with van der Waals surface area (Å²) < 4.78 is 1.36. The van der Waals surface area contributed by atoms with Crippen LogP contribution < -0.4 is 22.3 Å². The number of aryl methyl sites for hydroxylation is 1. The molecule has 0 saturated carbocycles. The number of aromatic amines is 1. The van der Waals surface area contributed by atoms with Crippen molar-refractivity contribution < 1.29 is 9.59 Å². The van der Waals surface area contributed by atoms with Crippen molar-refractivity contribution in [1.29, 1.82) is 0 Å². The lowest BCUT2D eigenvalue weighted by atomic mass is 10.0. The van der Waals surface area contributed by atoms with E-state index in [0.29, 0.717) is 31.5 Å². The van der Waals surface area contributed by atoms with Crippen molar-refractivity contribution in [2.24, 2.45) is 5.73 Å². The molecule has 0 aromatic carbocycles. The number of pyridine rings is 1. The molecule has 9 nitrogen and oxygen atoms in total. The number of hydrogen-bond donors (Lipinski definition) is 3. The van der Waals surface area contributed by atoms with Crippen molar-refractivity contribution >= 4 is 22.8 Å². The van der Waals surface area contributed by atoms with Crippen LogP contribution in [-0.4, -0.2) is 32.4 Å². The minimum absolute atomic E-state index is 0.0228. The van der Waals surface area contributed by atoms with Gasteiger partial charge in [-0.1, -0.05) is 34.1 Å². The predicted molar refractivity (Wildman–Crippen MR) is 106 cm³/mol. The van der Waals surface area contributed by atoms with E-state index >= 15 is 0 Å². The van der Waals surface area contributed by atoms with E-state index in [0.717, 1.165) is 0 Å². The number of primary amides is 1. The van der Waals surface area contributed by atoms with Crippen molar-refractivity contribution in [2.45, 2.75) is 65.5 Å². The molecule has 28 heavy (non-hydrogen) atoms. The second kappa shape index (κ2) is 8.81. The van der Waals surface area contributed by atoms with Gasteiger partial charge in [-0.2, -0.15) is 0 Å². The van der Waals surface area contributed by atoms with Crippen molar-refractivity contribution in [3.63, 3.8) is 0 Å². The molecule has 1 atom stereocenters. The van der Waals surface area contributed by atoms with Crippen LogP contribution in [0.1, 0.15) is 68.9 Å². The Hall–Kier alpha value is -2.97. The highest BCUT2D eigenvalue weighted by molar-refractivity contribution is 6.06. The number of amides is 2. The van der Waals surface area contributed by atoms with E-state index in [1.54, 1.807) is 0 Å². The van der Waals surface area contributed by atoms with Gasteiger partial charge >= 0.3 is 5.69 Å². The van der Waals surface area contributed by atoms with Crippen LogP contribution in [0.2, 0.25) is 0 Å². The molecule has 0 aliphatic heterocycles. The Bertz CT molecular complexity index is 1010. The smallest absolute Gasteiger partial charge is 0.329 e. The summed E-state index contributed by atoms with van der Waals surface area (Å²) in [6.45, 7) is 7.91. The lowest BCUT2D eigenvalue weighted by Crippen LogP contribution is -2.44. The Labute approximate surface area is 162 Å². The summed E-state index contributed by atoms with van der Waals surface area (Å²) in [6, 6.07) is 0.686. The van der Waals surface area contributed by atoms with Gasteiger partial charge in [0.15, 0.2) is 5.65 Å². The maximum Gasteiger partial charge on any atom is 0.329 e. The van der Waals surface area contributed by atoms with Gasteiger partial charge < -0.3 is 11.1 Å². The Morgan fingerprint density at radius 3 is 2.46 bits per heavy atom. The number of nitrogens with two attached hydrogens (primary N) is 1. The molecule has 0 bridgehead atoms. The van der Waals surface area contributed by atoms with E-state index in [2.05, 4.69) is 15.3 Å². The van der Waals surface area contributed by atoms with Gasteiger partial charge in [-0.3, -0.25) is 23.9 Å². The van der Waals surface area contributed by atoms with Crippen molar-refractivity contribution in [3.05, 3.63) is 38.2 Å². The Balaban J connectivity index is 2.75. The number of H-pyrrole nitrogens is 1. The topological polar surface area (TPSA) is 140 Å². The van der Waals surface area contributed by atoms with Crippen molar-refractivity contribution in [1.82, 2.24) is 19.9 Å². The largest absolute Gasteiger partial charge is 0.368 e. The van der Waals surface area contributed by atoms with Crippen LogP contribution in [0.3, 0.4) is 0 Å². The number of carbonyl (C=O) groups excluding carboxylic acids is 2. The van der Waals surface area contributed by atoms with Crippen LogP contribution in [0, 0.1) is 0 Å². The number of nitrogens with one attached hydrogen (secondary N) is 2. The van der Waals surface area contributed by atoms with Gasteiger partial charge in [-0.15, -0.1) is 0 Å². The number of nitrogens with zero attached hydrogens (tertiary/aromatic N) is 2. The van der Waals surface area contributed by atoms with Gasteiger partial charge in [0.05, 0.1) is 10.9 Å². The van der Waals surface area contributed by atoms with Gasteiger partial charge in [-0.05, 0) is 24.8 Å². The number of rotatable bonds is 8. The van der Waals surface area contributed by atoms with E-state index in [9.17, 15) is 19.2 Å². The average Bonchev–Trinajstić information content (AvgIpc) is 2.63. The molecule has 2 heterocycles. The summed E-state index contributed by atoms with van der Waals surface area (Å²) >= 11 is 0. The van der Waals surface area contributed by atoms with Crippen molar-refractivity contribution in [2.75, 3.05) is 0 Å². The summed E-state index contributed by atoms with van der Waals surface area (Å²) in [6.07, 6.45) is 1.69. The van der Waals surface area contributed by atoms with Gasteiger partial charge in [0.25, 0.3) is 11.5 Å². The Morgan fingerprint density at radius 2 is 1.93 bits per heavy atom. The summed E-state index contributed by atoms with van der Waals surface area (Å²) in [5.41, 5.74) is 4.92. The highest BCUT2D eigenvalue weighted by Gasteiger charge is 2.23. The third kappa shape index (κ3) is 4.29. The molecule has 152 valence electrons. The van der Waals surface area contributed by atoms with Crippen LogP contribution in [-0.2, 0) is 11.3 Å². The summed E-state index contributed by atoms with van der Waals surface area (Å²) in [5.74, 6) is -1.28. The molecule has 0 aliphatic rings. The molecule has 0 radical (unpaired) electrons. The van der Waals surface area contributed by atoms with E-state index in [-0.39, 0.29) is 22.5 Å². The second-order valence-electron chi connectivity index (χ2n) is 7.08. The molecule has 0 fully saturated rings. The second-order valence-corrected chi connectivity index (χ2v) is 7.08. The zero-order valence-corrected chi connectivity index (χ0v) is 16.7. The fourth-order valence-electron chi connectivity index (χ4n) is 3.01. The Kier molecular flexibility index (Phi) is 6.71. The monoisotopic (exact) mass is 389 g/mol. The summed E-state index contributed by atoms with van der Waals surface area (Å²) in [7, 11) is 0. The first-order valence-corrected chi connectivity index (χ1v) is 9.49. The average molecular weight is 389 g/mol. The molecule has 0 saturated heterocycles. The first-order chi connectivity index (χ1) is 13.2. The molecule has 0 unspecified atom stereocenters. The first-order valence-electron chi connectivity index (χ1n) is 9.49. The van der Waals surface area contributed by atoms with Gasteiger partial charge in [0.1, 0.15) is 6.04 Å². The van der Waals surface area contributed by atoms with Crippen molar-refractivity contribution in [3.8, 4) is 0 Å². The Morgan fingerprint density at radius 1 is 1.25 bits per heavy atom. The summed E-state index contributed by atoms with van der Waals surface area (Å²) in [5, 5.41) is 2.63. The number of hydrogen-bond acceptors (Lipinski definition) is 5. The highest BCUT2D eigenvalue weighted by Crippen LogP contribution is 2.20. The standard InChI is InChI=1S/C19H27N5O4/c1-5-7-12(15(20)25)22-17(26)11-9-13(10(3)4)21-16-14(11)18(27)23-19(28)24(16)8-6-2/h9-10,12H,5-8H2,1-4H3,(H2,20,25)(H,22,26)(H,23,27,28)/t12-/m0/s1. The quantitative estimate of drug-likeness (QED) is 0.618. The molecule has 0 spiro atoms. The SMILES string of the molecule is CCC[C@H](NC(=O)c1cc(C(C)C)nc2c1c(=O)[nH]c(=O)n2CCC)C(N)=O.